The predicted molar refractivity (Wildman–Crippen MR) is 137 cm³/mol. The smallest absolute Gasteiger partial charge is 0.262 e. The highest BCUT2D eigenvalue weighted by Gasteiger charge is 2.25. The first-order valence-electron chi connectivity index (χ1n) is 11.1. The zero-order valence-corrected chi connectivity index (χ0v) is 20.8. The highest BCUT2D eigenvalue weighted by Crippen LogP contribution is 2.32. The topological polar surface area (TPSA) is 98.2 Å². The minimum Gasteiger partial charge on any atom is -0.479 e. The van der Waals surface area contributed by atoms with Crippen molar-refractivity contribution in [1.29, 1.82) is 0 Å². The van der Waals surface area contributed by atoms with E-state index < -0.39 is 24.0 Å². The van der Waals surface area contributed by atoms with Crippen molar-refractivity contribution in [1.82, 2.24) is 10.7 Å². The molecule has 0 spiro atoms. The van der Waals surface area contributed by atoms with Crippen LogP contribution in [-0.2, 0) is 16.0 Å². The number of hydrogen-bond donors (Lipinski definition) is 2. The molecule has 2 amide bonds. The average molecular weight is 528 g/mol. The number of nitrogens with one attached hydrogen (secondary N) is 2. The zero-order chi connectivity index (χ0) is 25.5. The molecule has 0 saturated carbocycles. The molecule has 3 aromatic carbocycles. The second-order valence-corrected chi connectivity index (χ2v) is 8.78. The van der Waals surface area contributed by atoms with Crippen molar-refractivity contribution in [3.63, 3.8) is 0 Å². The fourth-order valence-electron chi connectivity index (χ4n) is 3.40. The summed E-state index contributed by atoms with van der Waals surface area (Å²) in [6, 6.07) is 18.4. The average Bonchev–Trinajstić information content (AvgIpc) is 3.34. The number of amides is 2. The molecule has 0 bridgehead atoms. The molecule has 186 valence electrons. The first-order valence-corrected chi connectivity index (χ1v) is 11.8. The molecule has 3 aromatic rings. The van der Waals surface area contributed by atoms with Gasteiger partial charge in [0.05, 0.1) is 11.2 Å². The van der Waals surface area contributed by atoms with Crippen LogP contribution in [0.4, 0.5) is 0 Å². The third-order valence-corrected chi connectivity index (χ3v) is 5.80. The molecule has 0 saturated heterocycles. The van der Waals surface area contributed by atoms with Crippen LogP contribution < -0.4 is 25.0 Å². The summed E-state index contributed by atoms with van der Waals surface area (Å²) in [5, 5.41) is 7.50. The van der Waals surface area contributed by atoms with Gasteiger partial charge >= 0.3 is 0 Å². The molecular weight excluding hydrogens is 505 g/mol. The SMILES string of the molecule is C[C@@H](Oc1ccc(Cl)cc1Cl)C(=O)N[C@@H](Cc1ccccc1)C(=O)N/N=C\c1ccc2c(c1)OCO2. The Morgan fingerprint density at radius 2 is 1.81 bits per heavy atom. The van der Waals surface area contributed by atoms with Gasteiger partial charge in [-0.1, -0.05) is 53.5 Å². The van der Waals surface area contributed by atoms with Crippen LogP contribution in [0.15, 0.2) is 71.8 Å². The summed E-state index contributed by atoms with van der Waals surface area (Å²) in [6.45, 7) is 1.73. The molecule has 0 fully saturated rings. The number of carbonyl (C=O) groups excluding carboxylic acids is 2. The molecule has 0 aliphatic carbocycles. The molecule has 10 heteroatoms. The molecule has 0 radical (unpaired) electrons. The van der Waals surface area contributed by atoms with Gasteiger partial charge < -0.3 is 19.5 Å². The number of nitrogens with zero attached hydrogens (tertiary/aromatic N) is 1. The number of hydrogen-bond acceptors (Lipinski definition) is 6. The molecule has 1 heterocycles. The summed E-state index contributed by atoms with van der Waals surface area (Å²) in [4.78, 5) is 25.9. The molecule has 2 atom stereocenters. The van der Waals surface area contributed by atoms with E-state index in [0.717, 1.165) is 5.56 Å². The molecule has 8 nitrogen and oxygen atoms in total. The number of rotatable bonds is 9. The Morgan fingerprint density at radius 1 is 1.03 bits per heavy atom. The highest BCUT2D eigenvalue weighted by atomic mass is 35.5. The molecule has 1 aliphatic rings. The Labute approximate surface area is 218 Å². The van der Waals surface area contributed by atoms with E-state index in [-0.39, 0.29) is 18.2 Å². The second kappa shape index (κ2) is 11.8. The first kappa shape index (κ1) is 25.3. The summed E-state index contributed by atoms with van der Waals surface area (Å²) in [6.07, 6.45) is 0.814. The number of fused-ring (bicyclic) bond motifs is 1. The lowest BCUT2D eigenvalue weighted by Gasteiger charge is -2.21. The summed E-state index contributed by atoms with van der Waals surface area (Å²) < 4.78 is 16.3. The summed E-state index contributed by atoms with van der Waals surface area (Å²) in [5.74, 6) is 0.589. The fourth-order valence-corrected chi connectivity index (χ4v) is 3.86. The van der Waals surface area contributed by atoms with Crippen LogP contribution in [0, 0.1) is 0 Å². The highest BCUT2D eigenvalue weighted by molar-refractivity contribution is 6.35. The summed E-state index contributed by atoms with van der Waals surface area (Å²) >= 11 is 12.1. The van der Waals surface area contributed by atoms with Gasteiger partial charge in [0.2, 0.25) is 6.79 Å². The number of carbonyl (C=O) groups is 2. The lowest BCUT2D eigenvalue weighted by molar-refractivity contribution is -0.132. The molecule has 4 rings (SSSR count). The van der Waals surface area contributed by atoms with Crippen molar-refractivity contribution in [2.75, 3.05) is 6.79 Å². The van der Waals surface area contributed by atoms with E-state index in [0.29, 0.717) is 27.8 Å². The predicted octanol–water partition coefficient (Wildman–Crippen LogP) is 4.37. The van der Waals surface area contributed by atoms with Gasteiger partial charge in [-0.15, -0.1) is 0 Å². The Morgan fingerprint density at radius 3 is 2.58 bits per heavy atom. The van der Waals surface area contributed by atoms with Crippen molar-refractivity contribution < 1.29 is 23.8 Å². The summed E-state index contributed by atoms with van der Waals surface area (Å²) in [7, 11) is 0. The molecule has 1 aliphatic heterocycles. The maximum Gasteiger partial charge on any atom is 0.262 e. The van der Waals surface area contributed by atoms with Crippen molar-refractivity contribution in [2.24, 2.45) is 5.10 Å². The molecule has 0 aromatic heterocycles. The molecule has 0 unspecified atom stereocenters. The summed E-state index contributed by atoms with van der Waals surface area (Å²) in [5.41, 5.74) is 4.08. The number of hydrazone groups is 1. The molecular formula is C26H23Cl2N3O5. The number of halogens is 2. The Hall–Kier alpha value is -3.75. The molecule has 36 heavy (non-hydrogen) atoms. The van der Waals surface area contributed by atoms with Gasteiger partial charge in [0, 0.05) is 11.4 Å². The lowest BCUT2D eigenvalue weighted by atomic mass is 10.1. The van der Waals surface area contributed by atoms with Gasteiger partial charge in [0.25, 0.3) is 11.8 Å². The van der Waals surface area contributed by atoms with Gasteiger partial charge in [-0.3, -0.25) is 9.59 Å². The standard InChI is InChI=1S/C26H23Cl2N3O5/c1-16(36-22-10-8-19(27)13-20(22)28)25(32)30-21(11-17-5-3-2-4-6-17)26(33)31-29-14-18-7-9-23-24(12-18)35-15-34-23/h2-10,12-14,16,21H,11,15H2,1H3,(H,30,32)(H,31,33)/b29-14-/t16-,21+/m1/s1. The van der Waals surface area contributed by atoms with Crippen molar-refractivity contribution in [2.45, 2.75) is 25.5 Å². The largest absolute Gasteiger partial charge is 0.479 e. The Balaban J connectivity index is 1.42. The Kier molecular flexibility index (Phi) is 8.30. The first-order chi connectivity index (χ1) is 17.4. The van der Waals surface area contributed by atoms with E-state index in [1.165, 1.54) is 12.3 Å². The van der Waals surface area contributed by atoms with Crippen LogP contribution in [0.25, 0.3) is 0 Å². The van der Waals surface area contributed by atoms with E-state index in [2.05, 4.69) is 15.8 Å². The van der Waals surface area contributed by atoms with Crippen molar-refractivity contribution in [3.8, 4) is 17.2 Å². The molecule has 2 N–H and O–H groups in total. The van der Waals surface area contributed by atoms with Crippen LogP contribution >= 0.6 is 23.2 Å². The van der Waals surface area contributed by atoms with Gasteiger partial charge in [0.15, 0.2) is 17.6 Å². The van der Waals surface area contributed by atoms with E-state index in [1.54, 1.807) is 37.3 Å². The van der Waals surface area contributed by atoms with E-state index in [9.17, 15) is 9.59 Å². The van der Waals surface area contributed by atoms with Crippen molar-refractivity contribution >= 4 is 41.2 Å². The van der Waals surface area contributed by atoms with Crippen molar-refractivity contribution in [3.05, 3.63) is 87.9 Å². The third kappa shape index (κ3) is 6.68. The van der Waals surface area contributed by atoms with Crippen LogP contribution in [-0.4, -0.2) is 37.0 Å². The Bertz CT molecular complexity index is 1270. The van der Waals surface area contributed by atoms with Crippen LogP contribution in [0.5, 0.6) is 17.2 Å². The zero-order valence-electron chi connectivity index (χ0n) is 19.2. The van der Waals surface area contributed by atoms with Crippen LogP contribution in [0.1, 0.15) is 18.1 Å². The second-order valence-electron chi connectivity index (χ2n) is 7.93. The minimum absolute atomic E-state index is 0.167. The third-order valence-electron chi connectivity index (χ3n) is 5.27. The van der Waals surface area contributed by atoms with E-state index >= 15 is 0 Å². The van der Waals surface area contributed by atoms with E-state index in [4.69, 9.17) is 37.4 Å². The maximum absolute atomic E-state index is 13.0. The van der Waals surface area contributed by atoms with Gasteiger partial charge in [-0.2, -0.15) is 5.10 Å². The number of benzene rings is 3. The quantitative estimate of drug-likeness (QED) is 0.318. The van der Waals surface area contributed by atoms with Gasteiger partial charge in [-0.05, 0) is 54.4 Å². The normalized spacial score (nSPS) is 13.8. The minimum atomic E-state index is -0.924. The lowest BCUT2D eigenvalue weighted by Crippen LogP contribution is -2.50. The monoisotopic (exact) mass is 527 g/mol. The number of ether oxygens (including phenoxy) is 3. The van der Waals surface area contributed by atoms with Crippen LogP contribution in [0.2, 0.25) is 10.0 Å². The maximum atomic E-state index is 13.0. The van der Waals surface area contributed by atoms with Gasteiger partial charge in [-0.25, -0.2) is 5.43 Å². The fraction of sp³-hybridized carbons (Fsp3) is 0.192. The van der Waals surface area contributed by atoms with E-state index in [1.807, 2.05) is 30.3 Å². The van der Waals surface area contributed by atoms with Crippen LogP contribution in [0.3, 0.4) is 0 Å². The van der Waals surface area contributed by atoms with Gasteiger partial charge in [0.1, 0.15) is 11.8 Å².